The number of anilines is 2. The van der Waals surface area contributed by atoms with Gasteiger partial charge in [0.05, 0.1) is 89.7 Å². The van der Waals surface area contributed by atoms with Crippen LogP contribution < -0.4 is 65.9 Å². The van der Waals surface area contributed by atoms with E-state index in [0.29, 0.717) is 57.2 Å². The summed E-state index contributed by atoms with van der Waals surface area (Å²) in [6, 6.07) is 53.5. The fourth-order valence-electron chi connectivity index (χ4n) is 12.2. The van der Waals surface area contributed by atoms with Crippen LogP contribution in [0.5, 0.6) is 23.0 Å². The number of halogens is 3. The van der Waals surface area contributed by atoms with Crippen LogP contribution in [0.25, 0.3) is 44.1 Å². The smallest absolute Gasteiger partial charge is 0.506 e. The quantitative estimate of drug-likeness (QED) is 0.0177. The first-order valence-electron chi connectivity index (χ1n) is 37.9. The Morgan fingerprint density at radius 3 is 1.15 bits per heavy atom. The molecule has 34 nitrogen and oxygen atoms in total. The van der Waals surface area contributed by atoms with E-state index in [1.54, 1.807) is 72.2 Å². The summed E-state index contributed by atoms with van der Waals surface area (Å²) in [5.41, 5.74) is -2.57. The van der Waals surface area contributed by atoms with E-state index in [1.807, 2.05) is 146 Å². The molecule has 8 aromatic heterocycles. The molecule has 0 amide bonds. The number of fused-ring (bicyclic) bond motifs is 4. The largest absolute Gasteiger partial charge is 0.534 e. The van der Waals surface area contributed by atoms with Crippen LogP contribution in [0.15, 0.2) is 220 Å². The van der Waals surface area contributed by atoms with Crippen LogP contribution >= 0.6 is 0 Å². The molecule has 6 aromatic carbocycles. The van der Waals surface area contributed by atoms with Gasteiger partial charge in [0.2, 0.25) is 0 Å². The Hall–Kier alpha value is -15.4. The first-order chi connectivity index (χ1) is 59.7. The number of nitrogens with zero attached hydrogens (tertiary/aromatic N) is 12. The molecule has 8 heterocycles. The standard InChI is InChI=1S/C26H26N4O5.C23H22N4O3.C19H16F3N3O7S.C18H17N3O5/c1-4-34-26(32)22-23(27-14-18-10-12-20(33-3)13-11-18)21-17(2)28-16-29-24(21)30(25(22)31)35-15-19-8-6-5-7-9-19;1-16-22-20(24-13-17-8-10-19(29-2)11-9-17)12-21(28)27(23(22)26-15-25-16)30-14-18-6-4-3-5-7-18;1-3-30-18(27)14-15(32-33(28,29)19(20,21)22)13-11(2)23-10-24-16(13)25(17(14)26)31-9-12-7-5-4-6-8-12;1-3-25-18(24)14-15(22)13-11(2)19-10-20-16(13)21(17(14)23)26-9-12-7-5-4-6-8-12/h5-13,16,27H,4,14-15H2,1-3H3;3-12,15,24H,13-14H2,1-2H3;4-8,10H,3,9H2,1-2H3;4-8,10,22H,3,9H2,1-2H3. The molecule has 14 rings (SSSR count). The Kier molecular flexibility index (Phi) is 29.6. The highest BCUT2D eigenvalue weighted by Crippen LogP contribution is 2.36. The molecule has 0 aliphatic heterocycles. The van der Waals surface area contributed by atoms with E-state index >= 15 is 0 Å². The van der Waals surface area contributed by atoms with Crippen LogP contribution in [0.1, 0.15) is 108 Å². The lowest BCUT2D eigenvalue weighted by Crippen LogP contribution is -2.35. The summed E-state index contributed by atoms with van der Waals surface area (Å²) in [6.07, 6.45) is 5.03. The van der Waals surface area contributed by atoms with Gasteiger partial charge in [0.15, 0.2) is 45.0 Å². The number of aryl methyl sites for hydroxylation is 4. The van der Waals surface area contributed by atoms with Gasteiger partial charge >= 0.3 is 50.2 Å². The summed E-state index contributed by atoms with van der Waals surface area (Å²) in [5, 5.41) is 18.0. The molecule has 0 bridgehead atoms. The van der Waals surface area contributed by atoms with E-state index in [1.165, 1.54) is 43.6 Å². The summed E-state index contributed by atoms with van der Waals surface area (Å²) >= 11 is 0. The molecule has 124 heavy (non-hydrogen) atoms. The van der Waals surface area contributed by atoms with Gasteiger partial charge in [-0.15, -0.1) is 18.9 Å². The average molecular weight is 1720 g/mol. The SMILES string of the molecule is CCOC(=O)c1c(NCc2ccc(OC)cc2)c2c(C)ncnc2n(OCc2ccccc2)c1=O.CCOC(=O)c1c(O)c2c(C)ncnc2n(OCc2ccccc2)c1=O.CCOC(=O)c1c(OS(=O)(=O)C(F)(F)F)c2c(C)ncnc2n(OCc2ccccc2)c1=O.COc1ccc(CNc2cc(=O)n(OCc3ccccc3)c3ncnc(C)c23)cc1. The minimum atomic E-state index is -6.27. The lowest BCUT2D eigenvalue weighted by atomic mass is 10.1. The van der Waals surface area contributed by atoms with Gasteiger partial charge in [-0.1, -0.05) is 146 Å². The van der Waals surface area contributed by atoms with Gasteiger partial charge in [-0.3, -0.25) is 19.2 Å². The first kappa shape index (κ1) is 89.4. The molecule has 0 saturated carbocycles. The van der Waals surface area contributed by atoms with Crippen molar-refractivity contribution in [2.24, 2.45) is 0 Å². The molecule has 38 heteroatoms. The highest BCUT2D eigenvalue weighted by atomic mass is 32.2. The van der Waals surface area contributed by atoms with Crippen LogP contribution in [0, 0.1) is 27.7 Å². The number of carbonyl (C=O) groups is 3. The van der Waals surface area contributed by atoms with Gasteiger partial charge in [-0.2, -0.15) is 21.6 Å². The fourth-order valence-corrected chi connectivity index (χ4v) is 12.7. The maximum atomic E-state index is 13.6. The van der Waals surface area contributed by atoms with Crippen LogP contribution in [0.3, 0.4) is 0 Å². The van der Waals surface area contributed by atoms with Crippen LogP contribution in [-0.2, 0) is 63.8 Å². The number of hydrogen-bond acceptors (Lipinski definition) is 30. The number of alkyl halides is 3. The highest BCUT2D eigenvalue weighted by Gasteiger charge is 2.50. The number of esters is 3. The molecule has 3 N–H and O–H groups in total. The number of ether oxygens (including phenoxy) is 5. The maximum absolute atomic E-state index is 13.6. The van der Waals surface area contributed by atoms with Gasteiger partial charge < -0.3 is 63.0 Å². The zero-order valence-electron chi connectivity index (χ0n) is 68.0. The Morgan fingerprint density at radius 2 is 0.742 bits per heavy atom. The van der Waals surface area contributed by atoms with Crippen molar-refractivity contribution in [3.05, 3.63) is 315 Å². The van der Waals surface area contributed by atoms with Gasteiger partial charge in [0.25, 0.3) is 5.56 Å². The normalized spacial score (nSPS) is 11.0. The second-order valence-corrected chi connectivity index (χ2v) is 27.9. The number of nitrogens with one attached hydrogen (secondary N) is 2. The minimum absolute atomic E-state index is 0.0604. The van der Waals surface area contributed by atoms with E-state index in [-0.39, 0.29) is 79.7 Å². The van der Waals surface area contributed by atoms with E-state index in [4.69, 9.17) is 43.0 Å². The molecule has 0 spiro atoms. The van der Waals surface area contributed by atoms with Gasteiger partial charge in [0, 0.05) is 19.2 Å². The van der Waals surface area contributed by atoms with Gasteiger partial charge in [0.1, 0.15) is 69.0 Å². The topological polar surface area (TPSA) is 413 Å². The van der Waals surface area contributed by atoms with Crippen molar-refractivity contribution >= 4 is 83.5 Å². The maximum Gasteiger partial charge on any atom is 0.534 e. The third-order valence-electron chi connectivity index (χ3n) is 18.2. The molecule has 14 aromatic rings. The van der Waals surface area contributed by atoms with Crippen molar-refractivity contribution in [3.63, 3.8) is 0 Å². The summed E-state index contributed by atoms with van der Waals surface area (Å²) in [6.45, 7) is 12.3. The molecular weight excluding hydrogens is 1640 g/mol. The van der Waals surface area contributed by atoms with E-state index in [2.05, 4.69) is 54.7 Å². The fraction of sp³-hybridized carbons (Fsp3) is 0.221. The molecule has 0 saturated heterocycles. The van der Waals surface area contributed by atoms with Crippen molar-refractivity contribution in [2.75, 3.05) is 44.7 Å². The van der Waals surface area contributed by atoms with Crippen molar-refractivity contribution in [2.45, 2.75) is 93.5 Å². The molecular formula is C86H81F3N14O20S. The van der Waals surface area contributed by atoms with Crippen molar-refractivity contribution < 1.29 is 88.3 Å². The lowest BCUT2D eigenvalue weighted by Gasteiger charge is -2.18. The van der Waals surface area contributed by atoms with E-state index in [9.17, 15) is 60.3 Å². The number of aromatic hydroxyl groups is 1. The number of aromatic nitrogens is 12. The van der Waals surface area contributed by atoms with E-state index in [0.717, 1.165) is 66.2 Å². The molecule has 0 unspecified atom stereocenters. The molecule has 0 atom stereocenters. The second kappa shape index (κ2) is 41.1. The lowest BCUT2D eigenvalue weighted by molar-refractivity contribution is -0.0500. The van der Waals surface area contributed by atoms with Gasteiger partial charge in [-0.25, -0.2) is 54.3 Å². The zero-order chi connectivity index (χ0) is 88.8. The molecule has 0 aliphatic carbocycles. The molecule has 642 valence electrons. The predicted octanol–water partition coefficient (Wildman–Crippen LogP) is 10.6. The van der Waals surface area contributed by atoms with E-state index < -0.39 is 83.9 Å². The molecule has 0 aliphatic rings. The summed E-state index contributed by atoms with van der Waals surface area (Å²) in [4.78, 5) is 146. The summed E-state index contributed by atoms with van der Waals surface area (Å²) in [5.74, 6) is -3.30. The second-order valence-electron chi connectivity index (χ2n) is 26.4. The minimum Gasteiger partial charge on any atom is -0.506 e. The van der Waals surface area contributed by atoms with Crippen LogP contribution in [0.4, 0.5) is 24.5 Å². The van der Waals surface area contributed by atoms with Gasteiger partial charge in [-0.05, 0) is 106 Å². The third-order valence-corrected chi connectivity index (χ3v) is 19.1. The summed E-state index contributed by atoms with van der Waals surface area (Å²) in [7, 11) is -3.03. The molecule has 0 radical (unpaired) electrons. The zero-order valence-corrected chi connectivity index (χ0v) is 68.8. The van der Waals surface area contributed by atoms with Crippen LogP contribution in [-0.4, -0.2) is 130 Å². The monoisotopic (exact) mass is 1720 g/mol. The number of methoxy groups -OCH3 is 2. The van der Waals surface area contributed by atoms with Crippen molar-refractivity contribution in [1.82, 2.24) is 58.8 Å². The average Bonchev–Trinajstić information content (AvgIpc) is 0.738. The van der Waals surface area contributed by atoms with Crippen LogP contribution in [0.2, 0.25) is 0 Å². The Labute approximate surface area is 704 Å². The number of hydrogen-bond donors (Lipinski definition) is 3. The van der Waals surface area contributed by atoms with Crippen molar-refractivity contribution in [1.29, 1.82) is 0 Å². The number of carbonyl (C=O) groups excluding carboxylic acids is 3. The number of benzene rings is 6. The first-order valence-corrected chi connectivity index (χ1v) is 39.3. The number of pyridine rings is 4. The highest BCUT2D eigenvalue weighted by molar-refractivity contribution is 7.88. The van der Waals surface area contributed by atoms with Crippen molar-refractivity contribution in [3.8, 4) is 23.0 Å². The molecule has 0 fully saturated rings. The Morgan fingerprint density at radius 1 is 0.411 bits per heavy atom. The third kappa shape index (κ3) is 21.1. The number of rotatable bonds is 28. The summed E-state index contributed by atoms with van der Waals surface area (Å²) < 4.78 is 95.8. The Bertz CT molecular complexity index is 6540. The Balaban J connectivity index is 0.000000162. The predicted molar refractivity (Wildman–Crippen MR) is 447 cm³/mol.